The molecule has 0 saturated carbocycles. The highest BCUT2D eigenvalue weighted by Gasteiger charge is 1.98. The van der Waals surface area contributed by atoms with Crippen LogP contribution in [0.2, 0.25) is 0 Å². The van der Waals surface area contributed by atoms with Gasteiger partial charge >= 0.3 is 0 Å². The van der Waals surface area contributed by atoms with Crippen molar-refractivity contribution in [2.75, 3.05) is 13.1 Å². The first-order valence-corrected chi connectivity index (χ1v) is 7.47. The minimum absolute atomic E-state index is 0. The summed E-state index contributed by atoms with van der Waals surface area (Å²) in [6.07, 6.45) is 3.45. The van der Waals surface area contributed by atoms with Crippen molar-refractivity contribution < 1.29 is 0 Å². The van der Waals surface area contributed by atoms with Crippen LogP contribution in [0.1, 0.15) is 16.4 Å². The van der Waals surface area contributed by atoms with Crippen LogP contribution in [0, 0.1) is 6.92 Å². The van der Waals surface area contributed by atoms with E-state index in [1.807, 2.05) is 25.1 Å². The highest BCUT2D eigenvalue weighted by molar-refractivity contribution is 14.0. The predicted molar refractivity (Wildman–Crippen MR) is 98.4 cm³/mol. The van der Waals surface area contributed by atoms with Crippen LogP contribution in [0.4, 0.5) is 0 Å². The number of thiazole rings is 1. The van der Waals surface area contributed by atoms with E-state index in [2.05, 4.69) is 25.7 Å². The summed E-state index contributed by atoms with van der Waals surface area (Å²) < 4.78 is 0. The van der Waals surface area contributed by atoms with Gasteiger partial charge in [-0.25, -0.2) is 4.98 Å². The number of aliphatic imine (C=N–C) groups is 1. The fourth-order valence-electron chi connectivity index (χ4n) is 1.73. The van der Waals surface area contributed by atoms with Crippen molar-refractivity contribution in [1.82, 2.24) is 15.3 Å². The van der Waals surface area contributed by atoms with Crippen molar-refractivity contribution >= 4 is 41.3 Å². The van der Waals surface area contributed by atoms with Gasteiger partial charge in [-0.2, -0.15) is 0 Å². The summed E-state index contributed by atoms with van der Waals surface area (Å²) in [6.45, 7) is 3.41. The largest absolute Gasteiger partial charge is 0.370 e. The Morgan fingerprint density at radius 3 is 2.86 bits per heavy atom. The van der Waals surface area contributed by atoms with Crippen LogP contribution in [-0.4, -0.2) is 29.0 Å². The lowest BCUT2D eigenvalue weighted by atomic mass is 10.3. The zero-order valence-corrected chi connectivity index (χ0v) is 15.1. The van der Waals surface area contributed by atoms with Gasteiger partial charge in [0.25, 0.3) is 0 Å². The maximum absolute atomic E-state index is 5.81. The summed E-state index contributed by atoms with van der Waals surface area (Å²) in [5.41, 5.74) is 7.94. The molecule has 2 aromatic heterocycles. The molecule has 5 nitrogen and oxygen atoms in total. The lowest BCUT2D eigenvalue weighted by molar-refractivity contribution is 0.825. The monoisotopic (exact) mass is 417 g/mol. The van der Waals surface area contributed by atoms with Gasteiger partial charge in [0.1, 0.15) is 0 Å². The number of pyridine rings is 1. The molecule has 0 bridgehead atoms. The topological polar surface area (TPSA) is 76.2 Å². The number of rotatable bonds is 6. The molecule has 0 atom stereocenters. The van der Waals surface area contributed by atoms with E-state index in [-0.39, 0.29) is 24.0 Å². The average molecular weight is 417 g/mol. The van der Waals surface area contributed by atoms with Gasteiger partial charge in [-0.1, -0.05) is 6.07 Å². The zero-order chi connectivity index (χ0) is 14.2. The molecule has 2 aromatic rings. The first kappa shape index (κ1) is 17.8. The van der Waals surface area contributed by atoms with Gasteiger partial charge in [-0.15, -0.1) is 35.3 Å². The van der Waals surface area contributed by atoms with E-state index in [4.69, 9.17) is 5.73 Å². The van der Waals surface area contributed by atoms with Gasteiger partial charge in [0.05, 0.1) is 10.7 Å². The second kappa shape index (κ2) is 9.67. The maximum atomic E-state index is 5.81. The molecule has 2 rings (SSSR count). The lowest BCUT2D eigenvalue weighted by Gasteiger charge is -2.04. The van der Waals surface area contributed by atoms with Crippen LogP contribution in [0.15, 0.2) is 34.8 Å². The number of guanidine groups is 1. The minimum Gasteiger partial charge on any atom is -0.370 e. The minimum atomic E-state index is 0. The standard InChI is InChI=1S/C14H19N5S.HI/c1-11-19-13(10-20-11)6-9-18-14(15)17-8-5-12-4-2-3-7-16-12;/h2-4,7,10H,5-6,8-9H2,1H3,(H3,15,17,18);1H. The molecule has 0 unspecified atom stereocenters. The van der Waals surface area contributed by atoms with Crippen molar-refractivity contribution in [1.29, 1.82) is 0 Å². The first-order valence-electron chi connectivity index (χ1n) is 6.59. The Hall–Kier alpha value is -1.22. The number of nitrogens with two attached hydrogens (primary N) is 1. The third-order valence-electron chi connectivity index (χ3n) is 2.73. The van der Waals surface area contributed by atoms with Crippen LogP contribution in [0.3, 0.4) is 0 Å². The van der Waals surface area contributed by atoms with E-state index in [0.717, 1.165) is 35.8 Å². The van der Waals surface area contributed by atoms with Crippen molar-refractivity contribution in [3.8, 4) is 0 Å². The molecule has 3 N–H and O–H groups in total. The summed E-state index contributed by atoms with van der Waals surface area (Å²) in [4.78, 5) is 12.9. The van der Waals surface area contributed by atoms with E-state index in [1.54, 1.807) is 17.5 Å². The summed E-state index contributed by atoms with van der Waals surface area (Å²) in [5.74, 6) is 0.480. The van der Waals surface area contributed by atoms with E-state index in [0.29, 0.717) is 12.5 Å². The molecule has 0 aliphatic carbocycles. The normalized spacial score (nSPS) is 11.0. The molecule has 21 heavy (non-hydrogen) atoms. The molecular formula is C14H20IN5S. The molecule has 0 aliphatic rings. The van der Waals surface area contributed by atoms with Crippen molar-refractivity contribution in [2.45, 2.75) is 19.8 Å². The molecule has 0 aliphatic heterocycles. The number of hydrogen-bond donors (Lipinski definition) is 2. The molecule has 0 fully saturated rings. The average Bonchev–Trinajstić information content (AvgIpc) is 2.86. The molecule has 0 radical (unpaired) electrons. The third-order valence-corrected chi connectivity index (χ3v) is 3.55. The molecule has 0 saturated heterocycles. The van der Waals surface area contributed by atoms with Gasteiger partial charge in [0.2, 0.25) is 0 Å². The number of nitrogens with one attached hydrogen (secondary N) is 1. The maximum Gasteiger partial charge on any atom is 0.188 e. The van der Waals surface area contributed by atoms with Crippen LogP contribution in [0.25, 0.3) is 0 Å². The Morgan fingerprint density at radius 2 is 2.19 bits per heavy atom. The van der Waals surface area contributed by atoms with Gasteiger partial charge < -0.3 is 11.1 Å². The van der Waals surface area contributed by atoms with Crippen LogP contribution in [0.5, 0.6) is 0 Å². The second-order valence-electron chi connectivity index (χ2n) is 4.37. The number of nitrogens with zero attached hydrogens (tertiary/aromatic N) is 3. The molecule has 7 heteroatoms. The van der Waals surface area contributed by atoms with Crippen molar-refractivity contribution in [3.05, 3.63) is 46.2 Å². The predicted octanol–water partition coefficient (Wildman–Crippen LogP) is 2.15. The molecule has 0 aromatic carbocycles. The Bertz CT molecular complexity index is 556. The fourth-order valence-corrected chi connectivity index (χ4v) is 2.38. The molecular weight excluding hydrogens is 397 g/mol. The number of aromatic nitrogens is 2. The molecule has 0 amide bonds. The molecule has 114 valence electrons. The Balaban J connectivity index is 0.00000220. The van der Waals surface area contributed by atoms with E-state index in [9.17, 15) is 0 Å². The fraction of sp³-hybridized carbons (Fsp3) is 0.357. The number of halogens is 1. The Kier molecular flexibility index (Phi) is 8.21. The number of aryl methyl sites for hydroxylation is 1. The summed E-state index contributed by atoms with van der Waals surface area (Å²) >= 11 is 1.67. The Labute approximate surface area is 146 Å². The SMILES string of the molecule is Cc1nc(CCNC(N)=NCCc2ccccn2)cs1.I. The van der Waals surface area contributed by atoms with Crippen LogP contribution >= 0.6 is 35.3 Å². The summed E-state index contributed by atoms with van der Waals surface area (Å²) in [5, 5.41) is 6.27. The molecule has 0 spiro atoms. The van der Waals surface area contributed by atoms with Gasteiger partial charge in [-0.05, 0) is 19.1 Å². The quantitative estimate of drug-likeness (QED) is 0.429. The van der Waals surface area contributed by atoms with E-state index < -0.39 is 0 Å². The highest BCUT2D eigenvalue weighted by atomic mass is 127. The smallest absolute Gasteiger partial charge is 0.188 e. The second-order valence-corrected chi connectivity index (χ2v) is 5.43. The van der Waals surface area contributed by atoms with Crippen LogP contribution in [-0.2, 0) is 12.8 Å². The van der Waals surface area contributed by atoms with Gasteiger partial charge in [0, 0.05) is 43.2 Å². The van der Waals surface area contributed by atoms with E-state index >= 15 is 0 Å². The third kappa shape index (κ3) is 6.85. The van der Waals surface area contributed by atoms with Crippen molar-refractivity contribution in [3.63, 3.8) is 0 Å². The molecule has 2 heterocycles. The van der Waals surface area contributed by atoms with E-state index in [1.165, 1.54) is 0 Å². The Morgan fingerprint density at radius 1 is 1.33 bits per heavy atom. The summed E-state index contributed by atoms with van der Waals surface area (Å²) in [6, 6.07) is 5.87. The highest BCUT2D eigenvalue weighted by Crippen LogP contribution is 2.07. The zero-order valence-electron chi connectivity index (χ0n) is 12.0. The lowest BCUT2D eigenvalue weighted by Crippen LogP contribution is -2.33. The number of hydrogen-bond acceptors (Lipinski definition) is 4. The first-order chi connectivity index (χ1) is 9.74. The summed E-state index contributed by atoms with van der Waals surface area (Å²) in [7, 11) is 0. The van der Waals surface area contributed by atoms with Crippen LogP contribution < -0.4 is 11.1 Å². The van der Waals surface area contributed by atoms with Gasteiger partial charge in [0.15, 0.2) is 5.96 Å². The van der Waals surface area contributed by atoms with Crippen molar-refractivity contribution in [2.24, 2.45) is 10.7 Å². The van der Waals surface area contributed by atoms with Gasteiger partial charge in [-0.3, -0.25) is 9.98 Å².